The first-order valence-electron chi connectivity index (χ1n) is 5.24. The van der Waals surface area contributed by atoms with Crippen LogP contribution in [-0.4, -0.2) is 13.1 Å². The summed E-state index contributed by atoms with van der Waals surface area (Å²) < 4.78 is 13.5. The van der Waals surface area contributed by atoms with Gasteiger partial charge in [-0.05, 0) is 59.1 Å². The second kappa shape index (κ2) is 6.23. The Labute approximate surface area is 99.2 Å². The second-order valence-electron chi connectivity index (χ2n) is 4.10. The van der Waals surface area contributed by atoms with Gasteiger partial charge in [0.15, 0.2) is 0 Å². The Hall–Kier alpha value is -0.410. The van der Waals surface area contributed by atoms with Crippen molar-refractivity contribution in [2.24, 2.45) is 5.92 Å². The Bertz CT molecular complexity index is 312. The van der Waals surface area contributed by atoms with Crippen LogP contribution in [0.1, 0.15) is 19.4 Å². The van der Waals surface area contributed by atoms with Gasteiger partial charge < -0.3 is 5.32 Å². The highest BCUT2D eigenvalue weighted by Crippen LogP contribution is 2.16. The molecule has 0 radical (unpaired) electrons. The Kier molecular flexibility index (Phi) is 5.26. The quantitative estimate of drug-likeness (QED) is 0.812. The summed E-state index contributed by atoms with van der Waals surface area (Å²) in [6, 6.07) is 5.17. The van der Waals surface area contributed by atoms with Gasteiger partial charge in [0.1, 0.15) is 5.82 Å². The molecule has 0 bridgehead atoms. The minimum Gasteiger partial charge on any atom is -0.316 e. The van der Waals surface area contributed by atoms with Crippen LogP contribution in [-0.2, 0) is 6.42 Å². The number of nitrogens with one attached hydrogen (secondary N) is 1. The molecule has 0 fully saturated rings. The molecule has 0 amide bonds. The minimum absolute atomic E-state index is 0.200. The average Bonchev–Trinajstić information content (AvgIpc) is 2.18. The van der Waals surface area contributed by atoms with E-state index in [-0.39, 0.29) is 5.82 Å². The fourth-order valence-corrected chi connectivity index (χ4v) is 1.74. The first kappa shape index (κ1) is 12.7. The smallest absolute Gasteiger partial charge is 0.137 e. The zero-order valence-corrected chi connectivity index (χ0v) is 10.8. The maximum atomic E-state index is 12.9. The van der Waals surface area contributed by atoms with Crippen molar-refractivity contribution in [2.75, 3.05) is 13.1 Å². The number of rotatable bonds is 5. The summed E-state index contributed by atoms with van der Waals surface area (Å²) in [4.78, 5) is 0. The lowest BCUT2D eigenvalue weighted by molar-refractivity contribution is 0.554. The molecule has 0 aliphatic heterocycles. The highest BCUT2D eigenvalue weighted by molar-refractivity contribution is 9.10. The normalized spacial score (nSPS) is 11.0. The molecule has 0 aliphatic carbocycles. The second-order valence-corrected chi connectivity index (χ2v) is 4.95. The first-order valence-corrected chi connectivity index (χ1v) is 6.03. The van der Waals surface area contributed by atoms with Gasteiger partial charge in [-0.2, -0.15) is 0 Å². The van der Waals surface area contributed by atoms with E-state index in [1.165, 1.54) is 6.07 Å². The molecule has 1 N–H and O–H groups in total. The van der Waals surface area contributed by atoms with Crippen molar-refractivity contribution >= 4 is 15.9 Å². The van der Waals surface area contributed by atoms with E-state index < -0.39 is 0 Å². The topological polar surface area (TPSA) is 12.0 Å². The average molecular weight is 274 g/mol. The molecule has 84 valence electrons. The monoisotopic (exact) mass is 273 g/mol. The van der Waals surface area contributed by atoms with Gasteiger partial charge in [-0.25, -0.2) is 4.39 Å². The molecule has 0 atom stereocenters. The molecule has 15 heavy (non-hydrogen) atoms. The molecule has 0 aliphatic rings. The van der Waals surface area contributed by atoms with E-state index in [0.717, 1.165) is 25.1 Å². The Morgan fingerprint density at radius 1 is 1.40 bits per heavy atom. The molecule has 0 saturated heterocycles. The Balaban J connectivity index is 2.35. The third kappa shape index (κ3) is 4.76. The molecule has 1 aromatic carbocycles. The van der Waals surface area contributed by atoms with Crippen LogP contribution in [0.5, 0.6) is 0 Å². The third-order valence-electron chi connectivity index (χ3n) is 2.13. The zero-order chi connectivity index (χ0) is 11.3. The molecule has 1 aromatic rings. The Morgan fingerprint density at radius 2 is 2.13 bits per heavy atom. The lowest BCUT2D eigenvalue weighted by Crippen LogP contribution is -2.22. The predicted molar refractivity (Wildman–Crippen MR) is 65.5 cm³/mol. The fourth-order valence-electron chi connectivity index (χ4n) is 1.32. The minimum atomic E-state index is -0.200. The number of hydrogen-bond acceptors (Lipinski definition) is 1. The van der Waals surface area contributed by atoms with E-state index in [2.05, 4.69) is 35.1 Å². The Morgan fingerprint density at radius 3 is 2.73 bits per heavy atom. The molecule has 1 nitrogen and oxygen atoms in total. The molecule has 0 saturated carbocycles. The van der Waals surface area contributed by atoms with E-state index in [4.69, 9.17) is 0 Å². The van der Waals surface area contributed by atoms with Crippen LogP contribution in [0, 0.1) is 11.7 Å². The van der Waals surface area contributed by atoms with E-state index in [1.807, 2.05) is 12.1 Å². The van der Waals surface area contributed by atoms with Gasteiger partial charge in [0.2, 0.25) is 0 Å². The number of benzene rings is 1. The maximum Gasteiger partial charge on any atom is 0.137 e. The fraction of sp³-hybridized carbons (Fsp3) is 0.500. The van der Waals surface area contributed by atoms with Crippen molar-refractivity contribution < 1.29 is 4.39 Å². The van der Waals surface area contributed by atoms with Crippen molar-refractivity contribution in [3.8, 4) is 0 Å². The summed E-state index contributed by atoms with van der Waals surface area (Å²) in [5, 5.41) is 3.36. The SMILES string of the molecule is CC(C)CNCCc1ccc(F)c(Br)c1. The molecule has 0 spiro atoms. The summed E-state index contributed by atoms with van der Waals surface area (Å²) in [5.41, 5.74) is 1.15. The van der Waals surface area contributed by atoms with E-state index >= 15 is 0 Å². The van der Waals surface area contributed by atoms with Gasteiger partial charge in [0.25, 0.3) is 0 Å². The summed E-state index contributed by atoms with van der Waals surface area (Å²) in [6.45, 7) is 6.33. The highest BCUT2D eigenvalue weighted by atomic mass is 79.9. The molecule has 3 heteroatoms. The third-order valence-corrected chi connectivity index (χ3v) is 2.73. The lowest BCUT2D eigenvalue weighted by Gasteiger charge is -2.07. The van der Waals surface area contributed by atoms with Crippen molar-refractivity contribution in [3.63, 3.8) is 0 Å². The molecule has 0 aromatic heterocycles. The van der Waals surface area contributed by atoms with Crippen LogP contribution in [0.2, 0.25) is 0 Å². The van der Waals surface area contributed by atoms with Gasteiger partial charge >= 0.3 is 0 Å². The lowest BCUT2D eigenvalue weighted by atomic mass is 10.1. The van der Waals surface area contributed by atoms with Crippen LogP contribution in [0.4, 0.5) is 4.39 Å². The van der Waals surface area contributed by atoms with E-state index in [1.54, 1.807) is 0 Å². The summed E-state index contributed by atoms with van der Waals surface area (Å²) in [6.07, 6.45) is 0.936. The molecule has 1 rings (SSSR count). The van der Waals surface area contributed by atoms with Gasteiger partial charge in [0.05, 0.1) is 4.47 Å². The van der Waals surface area contributed by atoms with E-state index in [0.29, 0.717) is 10.4 Å². The van der Waals surface area contributed by atoms with Crippen LogP contribution < -0.4 is 5.32 Å². The largest absolute Gasteiger partial charge is 0.316 e. The van der Waals surface area contributed by atoms with Crippen molar-refractivity contribution in [1.29, 1.82) is 0 Å². The number of halogens is 2. The predicted octanol–water partition coefficient (Wildman–Crippen LogP) is 3.38. The molecule has 0 heterocycles. The van der Waals surface area contributed by atoms with Crippen LogP contribution in [0.3, 0.4) is 0 Å². The van der Waals surface area contributed by atoms with Crippen molar-refractivity contribution in [1.82, 2.24) is 5.32 Å². The summed E-state index contributed by atoms with van der Waals surface area (Å²) >= 11 is 3.18. The summed E-state index contributed by atoms with van der Waals surface area (Å²) in [5.74, 6) is 0.471. The van der Waals surface area contributed by atoms with Gasteiger partial charge in [0, 0.05) is 0 Å². The highest BCUT2D eigenvalue weighted by Gasteiger charge is 2.00. The van der Waals surface area contributed by atoms with E-state index in [9.17, 15) is 4.39 Å². The number of hydrogen-bond donors (Lipinski definition) is 1. The van der Waals surface area contributed by atoms with Gasteiger partial charge in [-0.3, -0.25) is 0 Å². The van der Waals surface area contributed by atoms with Crippen LogP contribution >= 0.6 is 15.9 Å². The standard InChI is InChI=1S/C12H17BrFN/c1-9(2)8-15-6-5-10-3-4-12(14)11(13)7-10/h3-4,7,9,15H,5-6,8H2,1-2H3. The van der Waals surface area contributed by atoms with Gasteiger partial charge in [-0.15, -0.1) is 0 Å². The first-order chi connectivity index (χ1) is 7.09. The van der Waals surface area contributed by atoms with Gasteiger partial charge in [-0.1, -0.05) is 19.9 Å². The molecular formula is C12H17BrFN. The van der Waals surface area contributed by atoms with Crippen molar-refractivity contribution in [3.05, 3.63) is 34.1 Å². The maximum absolute atomic E-state index is 12.9. The van der Waals surface area contributed by atoms with Crippen LogP contribution in [0.25, 0.3) is 0 Å². The molecular weight excluding hydrogens is 257 g/mol. The summed E-state index contributed by atoms with van der Waals surface area (Å²) in [7, 11) is 0. The van der Waals surface area contributed by atoms with Crippen molar-refractivity contribution in [2.45, 2.75) is 20.3 Å². The van der Waals surface area contributed by atoms with Crippen LogP contribution in [0.15, 0.2) is 22.7 Å². The zero-order valence-electron chi connectivity index (χ0n) is 9.19. The molecule has 0 unspecified atom stereocenters.